The lowest BCUT2D eigenvalue weighted by Crippen LogP contribution is -2.44. The predicted octanol–water partition coefficient (Wildman–Crippen LogP) is 0.877. The van der Waals surface area contributed by atoms with Crippen LogP contribution in [0.2, 0.25) is 0 Å². The van der Waals surface area contributed by atoms with Gasteiger partial charge in [-0.15, -0.1) is 0 Å². The van der Waals surface area contributed by atoms with Gasteiger partial charge in [-0.1, -0.05) is 6.42 Å². The van der Waals surface area contributed by atoms with Gasteiger partial charge in [-0.25, -0.2) is 0 Å². The van der Waals surface area contributed by atoms with Crippen molar-refractivity contribution in [2.45, 2.75) is 57.2 Å². The molecular weight excluding hydrogens is 188 g/mol. The van der Waals surface area contributed by atoms with Crippen molar-refractivity contribution in [3.63, 3.8) is 0 Å². The van der Waals surface area contributed by atoms with E-state index < -0.39 is 0 Å². The molecular formula is C12H24N2O. The van der Waals surface area contributed by atoms with E-state index in [1.807, 2.05) is 6.92 Å². The Bertz CT molecular complexity index is 190. The Balaban J connectivity index is 1.81. The molecule has 4 unspecified atom stereocenters. The lowest BCUT2D eigenvalue weighted by Gasteiger charge is -2.27. The third-order valence-corrected chi connectivity index (χ3v) is 3.86. The number of aliphatic hydroxyl groups excluding tert-OH is 1. The fraction of sp³-hybridized carbons (Fsp3) is 1.00. The summed E-state index contributed by atoms with van der Waals surface area (Å²) >= 11 is 0. The van der Waals surface area contributed by atoms with Gasteiger partial charge in [-0.2, -0.15) is 0 Å². The molecule has 0 bridgehead atoms. The van der Waals surface area contributed by atoms with Gasteiger partial charge in [-0.05, 0) is 45.1 Å². The van der Waals surface area contributed by atoms with Crippen molar-refractivity contribution >= 4 is 0 Å². The van der Waals surface area contributed by atoms with Crippen LogP contribution in [-0.4, -0.2) is 36.4 Å². The second-order valence-electron chi connectivity index (χ2n) is 5.16. The maximum Gasteiger partial charge on any atom is 0.0636 e. The van der Waals surface area contributed by atoms with Crippen molar-refractivity contribution in [3.8, 4) is 0 Å². The number of hydrogen-bond acceptors (Lipinski definition) is 3. The molecule has 15 heavy (non-hydrogen) atoms. The maximum atomic E-state index is 9.29. The molecule has 1 aliphatic carbocycles. The quantitative estimate of drug-likeness (QED) is 0.648. The Morgan fingerprint density at radius 1 is 1.33 bits per heavy atom. The van der Waals surface area contributed by atoms with Crippen LogP contribution in [0.25, 0.3) is 0 Å². The summed E-state index contributed by atoms with van der Waals surface area (Å²) in [6, 6.07) is 1.37. The standard InChI is InChI=1S/C12H24N2O/c1-9(15)8-14-12-5-2-4-10(12)11-6-3-7-13-11/h9-15H,2-8H2,1H3. The topological polar surface area (TPSA) is 44.3 Å². The zero-order chi connectivity index (χ0) is 10.7. The lowest BCUT2D eigenvalue weighted by atomic mass is 9.93. The molecule has 3 N–H and O–H groups in total. The first kappa shape index (κ1) is 11.4. The molecule has 2 aliphatic rings. The Kier molecular flexibility index (Phi) is 4.00. The Labute approximate surface area is 92.6 Å². The van der Waals surface area contributed by atoms with Crippen LogP contribution < -0.4 is 10.6 Å². The van der Waals surface area contributed by atoms with E-state index in [2.05, 4.69) is 10.6 Å². The summed E-state index contributed by atoms with van der Waals surface area (Å²) in [4.78, 5) is 0. The summed E-state index contributed by atoms with van der Waals surface area (Å²) < 4.78 is 0. The molecule has 3 heteroatoms. The molecule has 0 spiro atoms. The van der Waals surface area contributed by atoms with Crippen LogP contribution in [0.3, 0.4) is 0 Å². The minimum absolute atomic E-state index is 0.220. The Morgan fingerprint density at radius 3 is 2.87 bits per heavy atom. The van der Waals surface area contributed by atoms with Crippen molar-refractivity contribution in [3.05, 3.63) is 0 Å². The third-order valence-electron chi connectivity index (χ3n) is 3.86. The lowest BCUT2D eigenvalue weighted by molar-refractivity contribution is 0.179. The van der Waals surface area contributed by atoms with Crippen LogP contribution in [-0.2, 0) is 0 Å². The summed E-state index contributed by atoms with van der Waals surface area (Å²) in [5, 5.41) is 16.4. The van der Waals surface area contributed by atoms with Crippen molar-refractivity contribution in [2.75, 3.05) is 13.1 Å². The number of hydrogen-bond donors (Lipinski definition) is 3. The first-order chi connectivity index (χ1) is 7.27. The molecule has 0 aromatic rings. The normalized spacial score (nSPS) is 38.4. The van der Waals surface area contributed by atoms with Crippen LogP contribution in [0.1, 0.15) is 39.0 Å². The van der Waals surface area contributed by atoms with Gasteiger partial charge >= 0.3 is 0 Å². The Hall–Kier alpha value is -0.120. The maximum absolute atomic E-state index is 9.29. The van der Waals surface area contributed by atoms with Gasteiger partial charge in [0, 0.05) is 18.6 Å². The molecule has 0 aromatic carbocycles. The highest BCUT2D eigenvalue weighted by Gasteiger charge is 2.34. The summed E-state index contributed by atoms with van der Waals surface area (Å²) in [5.74, 6) is 0.797. The van der Waals surface area contributed by atoms with Crippen LogP contribution in [0.5, 0.6) is 0 Å². The van der Waals surface area contributed by atoms with E-state index in [0.717, 1.165) is 18.5 Å². The van der Waals surface area contributed by atoms with Gasteiger partial charge < -0.3 is 15.7 Å². The second-order valence-corrected chi connectivity index (χ2v) is 5.16. The SMILES string of the molecule is CC(O)CNC1CCCC1C1CCCN1. The monoisotopic (exact) mass is 212 g/mol. The summed E-state index contributed by atoms with van der Waals surface area (Å²) in [5.41, 5.74) is 0. The van der Waals surface area contributed by atoms with Crippen molar-refractivity contribution in [1.29, 1.82) is 0 Å². The van der Waals surface area contributed by atoms with Gasteiger partial charge in [0.15, 0.2) is 0 Å². The summed E-state index contributed by atoms with van der Waals surface area (Å²) in [7, 11) is 0. The predicted molar refractivity (Wildman–Crippen MR) is 61.8 cm³/mol. The van der Waals surface area contributed by atoms with Crippen molar-refractivity contribution in [1.82, 2.24) is 10.6 Å². The Morgan fingerprint density at radius 2 is 2.20 bits per heavy atom. The largest absolute Gasteiger partial charge is 0.392 e. The molecule has 4 atom stereocenters. The van der Waals surface area contributed by atoms with Gasteiger partial charge in [0.05, 0.1) is 6.10 Å². The number of nitrogens with one attached hydrogen (secondary N) is 2. The zero-order valence-electron chi connectivity index (χ0n) is 9.71. The highest BCUT2D eigenvalue weighted by atomic mass is 16.3. The van der Waals surface area contributed by atoms with E-state index in [4.69, 9.17) is 0 Å². The fourth-order valence-electron chi connectivity index (χ4n) is 3.12. The molecule has 1 aliphatic heterocycles. The van der Waals surface area contributed by atoms with Gasteiger partial charge in [0.1, 0.15) is 0 Å². The summed E-state index contributed by atoms with van der Waals surface area (Å²) in [6.45, 7) is 3.79. The smallest absolute Gasteiger partial charge is 0.0636 e. The van der Waals surface area contributed by atoms with Crippen molar-refractivity contribution in [2.24, 2.45) is 5.92 Å². The highest BCUT2D eigenvalue weighted by Crippen LogP contribution is 2.31. The van der Waals surface area contributed by atoms with Crippen LogP contribution >= 0.6 is 0 Å². The second kappa shape index (κ2) is 5.28. The minimum Gasteiger partial charge on any atom is -0.392 e. The van der Waals surface area contributed by atoms with Gasteiger partial charge in [0.25, 0.3) is 0 Å². The first-order valence-corrected chi connectivity index (χ1v) is 6.42. The zero-order valence-corrected chi connectivity index (χ0v) is 9.71. The molecule has 0 radical (unpaired) electrons. The van der Waals surface area contributed by atoms with Crippen LogP contribution in [0.15, 0.2) is 0 Å². The number of rotatable bonds is 4. The van der Waals surface area contributed by atoms with Crippen LogP contribution in [0, 0.1) is 5.92 Å². The first-order valence-electron chi connectivity index (χ1n) is 6.42. The molecule has 0 amide bonds. The van der Waals surface area contributed by atoms with E-state index in [0.29, 0.717) is 6.04 Å². The van der Waals surface area contributed by atoms with E-state index in [-0.39, 0.29) is 6.10 Å². The molecule has 2 rings (SSSR count). The fourth-order valence-corrected chi connectivity index (χ4v) is 3.12. The van der Waals surface area contributed by atoms with E-state index >= 15 is 0 Å². The van der Waals surface area contributed by atoms with E-state index in [1.165, 1.54) is 38.6 Å². The molecule has 2 fully saturated rings. The highest BCUT2D eigenvalue weighted by molar-refractivity contribution is 4.93. The molecule has 1 saturated carbocycles. The van der Waals surface area contributed by atoms with Gasteiger partial charge in [-0.3, -0.25) is 0 Å². The molecule has 88 valence electrons. The molecule has 1 heterocycles. The van der Waals surface area contributed by atoms with E-state index in [1.54, 1.807) is 0 Å². The molecule has 1 saturated heterocycles. The third kappa shape index (κ3) is 2.92. The van der Waals surface area contributed by atoms with E-state index in [9.17, 15) is 5.11 Å². The van der Waals surface area contributed by atoms with Crippen molar-refractivity contribution < 1.29 is 5.11 Å². The number of aliphatic hydroxyl groups is 1. The van der Waals surface area contributed by atoms with Crippen LogP contribution in [0.4, 0.5) is 0 Å². The molecule has 0 aromatic heterocycles. The molecule has 3 nitrogen and oxygen atoms in total. The van der Waals surface area contributed by atoms with Gasteiger partial charge in [0.2, 0.25) is 0 Å². The minimum atomic E-state index is -0.220. The average Bonchev–Trinajstić information content (AvgIpc) is 2.85. The average molecular weight is 212 g/mol. The summed E-state index contributed by atoms with van der Waals surface area (Å²) in [6.07, 6.45) is 6.45.